The molecule has 0 aliphatic carbocycles. The molecule has 0 bridgehead atoms. The van der Waals surface area contributed by atoms with Crippen LogP contribution in [0.15, 0.2) is 22.7 Å². The van der Waals surface area contributed by atoms with E-state index in [1.54, 1.807) is 17.9 Å². The Kier molecular flexibility index (Phi) is 2.35. The minimum atomic E-state index is -0.0498. The van der Waals surface area contributed by atoms with Crippen molar-refractivity contribution in [3.63, 3.8) is 0 Å². The Bertz CT molecular complexity index is 368. The molecule has 0 saturated heterocycles. The van der Waals surface area contributed by atoms with E-state index < -0.39 is 0 Å². The number of carbonyl (C=O) groups excluding carboxylic acids is 1. The van der Waals surface area contributed by atoms with E-state index in [0.717, 1.165) is 13.0 Å². The van der Waals surface area contributed by atoms with E-state index >= 15 is 0 Å². The first-order valence-corrected chi connectivity index (χ1v) is 4.65. The summed E-state index contributed by atoms with van der Waals surface area (Å²) in [5.74, 6) is 0.618. The highest BCUT2D eigenvalue weighted by atomic mass is 16.5. The monoisotopic (exact) mass is 192 g/mol. The summed E-state index contributed by atoms with van der Waals surface area (Å²) in [5.41, 5.74) is 0.401. The van der Waals surface area contributed by atoms with E-state index in [1.165, 1.54) is 0 Å². The number of rotatable bonds is 1. The highest BCUT2D eigenvalue weighted by Crippen LogP contribution is 2.09. The lowest BCUT2D eigenvalue weighted by molar-refractivity contribution is 0.0760. The highest BCUT2D eigenvalue weighted by molar-refractivity contribution is 5.92. The van der Waals surface area contributed by atoms with Crippen molar-refractivity contribution in [1.29, 1.82) is 0 Å². The molecule has 0 spiro atoms. The second kappa shape index (κ2) is 3.65. The normalized spacial score (nSPS) is 15.9. The van der Waals surface area contributed by atoms with Crippen LogP contribution in [0, 0.1) is 6.92 Å². The Balaban J connectivity index is 2.11. The van der Waals surface area contributed by atoms with E-state index in [9.17, 15) is 4.79 Å². The maximum absolute atomic E-state index is 11.8. The standard InChI is InChI=1S/C10H12N2O2/c1-8-7-9(11-14-8)10(13)12-5-3-2-4-6-12/h2-3,7H,4-6H2,1H3. The molecule has 1 aliphatic rings. The summed E-state index contributed by atoms with van der Waals surface area (Å²) < 4.78 is 4.86. The topological polar surface area (TPSA) is 46.3 Å². The summed E-state index contributed by atoms with van der Waals surface area (Å²) in [6.45, 7) is 3.21. The number of hydrogen-bond acceptors (Lipinski definition) is 3. The Morgan fingerprint density at radius 3 is 3.00 bits per heavy atom. The van der Waals surface area contributed by atoms with Gasteiger partial charge in [0.15, 0.2) is 5.69 Å². The van der Waals surface area contributed by atoms with Crippen LogP contribution in [0.2, 0.25) is 0 Å². The molecule has 2 rings (SSSR count). The van der Waals surface area contributed by atoms with Gasteiger partial charge >= 0.3 is 0 Å². The number of aromatic nitrogens is 1. The molecule has 0 radical (unpaired) electrons. The first-order valence-electron chi connectivity index (χ1n) is 4.65. The van der Waals surface area contributed by atoms with Gasteiger partial charge in [0.05, 0.1) is 0 Å². The molecule has 14 heavy (non-hydrogen) atoms. The van der Waals surface area contributed by atoms with Crippen LogP contribution in [-0.4, -0.2) is 29.1 Å². The summed E-state index contributed by atoms with van der Waals surface area (Å²) in [6, 6.07) is 1.67. The lowest BCUT2D eigenvalue weighted by Crippen LogP contribution is -2.33. The molecule has 0 saturated carbocycles. The van der Waals surface area contributed by atoms with Gasteiger partial charge in [-0.2, -0.15) is 0 Å². The fraction of sp³-hybridized carbons (Fsp3) is 0.400. The lowest BCUT2D eigenvalue weighted by atomic mass is 10.2. The maximum Gasteiger partial charge on any atom is 0.276 e. The Labute approximate surface area is 82.2 Å². The third kappa shape index (κ3) is 1.69. The van der Waals surface area contributed by atoms with E-state index in [0.29, 0.717) is 18.0 Å². The molecule has 0 aromatic carbocycles. The number of amides is 1. The molecule has 0 atom stereocenters. The van der Waals surface area contributed by atoms with E-state index in [2.05, 4.69) is 11.2 Å². The quantitative estimate of drug-likeness (QED) is 0.631. The molecular weight excluding hydrogens is 180 g/mol. The summed E-state index contributed by atoms with van der Waals surface area (Å²) in [6.07, 6.45) is 4.99. The minimum absolute atomic E-state index is 0.0498. The molecular formula is C10H12N2O2. The van der Waals surface area contributed by atoms with Crippen molar-refractivity contribution in [3.05, 3.63) is 29.7 Å². The van der Waals surface area contributed by atoms with Gasteiger partial charge in [0, 0.05) is 19.2 Å². The minimum Gasteiger partial charge on any atom is -0.361 e. The van der Waals surface area contributed by atoms with Gasteiger partial charge < -0.3 is 9.42 Å². The fourth-order valence-electron chi connectivity index (χ4n) is 1.45. The van der Waals surface area contributed by atoms with Gasteiger partial charge in [-0.1, -0.05) is 17.3 Å². The molecule has 1 amide bonds. The lowest BCUT2D eigenvalue weighted by Gasteiger charge is -2.21. The molecule has 2 heterocycles. The Hall–Kier alpha value is -1.58. The third-order valence-corrected chi connectivity index (χ3v) is 2.19. The zero-order chi connectivity index (χ0) is 9.97. The molecule has 1 aromatic heterocycles. The largest absolute Gasteiger partial charge is 0.361 e. The molecule has 4 nitrogen and oxygen atoms in total. The highest BCUT2D eigenvalue weighted by Gasteiger charge is 2.18. The van der Waals surface area contributed by atoms with Gasteiger partial charge in [-0.05, 0) is 13.3 Å². The first kappa shape index (κ1) is 8.99. The predicted octanol–water partition coefficient (Wildman–Crippen LogP) is 1.39. The molecule has 4 heteroatoms. The smallest absolute Gasteiger partial charge is 0.276 e. The van der Waals surface area contributed by atoms with Crippen LogP contribution in [0.25, 0.3) is 0 Å². The number of nitrogens with zero attached hydrogens (tertiary/aromatic N) is 2. The van der Waals surface area contributed by atoms with Crippen LogP contribution < -0.4 is 0 Å². The molecule has 0 fully saturated rings. The van der Waals surface area contributed by atoms with Crippen molar-refractivity contribution >= 4 is 5.91 Å². The average Bonchev–Trinajstić information content (AvgIpc) is 2.65. The zero-order valence-electron chi connectivity index (χ0n) is 8.06. The number of carbonyl (C=O) groups is 1. The SMILES string of the molecule is Cc1cc(C(=O)N2CC=CCC2)no1. The molecule has 0 unspecified atom stereocenters. The molecule has 1 aliphatic heterocycles. The predicted molar refractivity (Wildman–Crippen MR) is 50.9 cm³/mol. The van der Waals surface area contributed by atoms with Crippen LogP contribution >= 0.6 is 0 Å². The van der Waals surface area contributed by atoms with Gasteiger partial charge in [0.25, 0.3) is 5.91 Å². The van der Waals surface area contributed by atoms with Crippen molar-refractivity contribution in [2.24, 2.45) is 0 Å². The van der Waals surface area contributed by atoms with Crippen molar-refractivity contribution in [1.82, 2.24) is 10.1 Å². The van der Waals surface area contributed by atoms with Crippen LogP contribution in [0.5, 0.6) is 0 Å². The zero-order valence-corrected chi connectivity index (χ0v) is 8.06. The fourth-order valence-corrected chi connectivity index (χ4v) is 1.45. The van der Waals surface area contributed by atoms with Crippen LogP contribution in [-0.2, 0) is 0 Å². The van der Waals surface area contributed by atoms with E-state index in [1.807, 2.05) is 6.08 Å². The van der Waals surface area contributed by atoms with Gasteiger partial charge in [-0.15, -0.1) is 0 Å². The summed E-state index contributed by atoms with van der Waals surface area (Å²) in [5, 5.41) is 3.70. The van der Waals surface area contributed by atoms with Gasteiger partial charge in [0.2, 0.25) is 0 Å². The molecule has 1 aromatic rings. The van der Waals surface area contributed by atoms with Crippen molar-refractivity contribution < 1.29 is 9.32 Å². The van der Waals surface area contributed by atoms with E-state index in [-0.39, 0.29) is 5.91 Å². The summed E-state index contributed by atoms with van der Waals surface area (Å²) in [7, 11) is 0. The van der Waals surface area contributed by atoms with Crippen LogP contribution in [0.4, 0.5) is 0 Å². The third-order valence-electron chi connectivity index (χ3n) is 2.19. The second-order valence-electron chi connectivity index (χ2n) is 3.33. The molecule has 0 N–H and O–H groups in total. The van der Waals surface area contributed by atoms with Crippen molar-refractivity contribution in [2.75, 3.05) is 13.1 Å². The summed E-state index contributed by atoms with van der Waals surface area (Å²) >= 11 is 0. The van der Waals surface area contributed by atoms with Gasteiger partial charge in [-0.3, -0.25) is 4.79 Å². The second-order valence-corrected chi connectivity index (χ2v) is 3.33. The van der Waals surface area contributed by atoms with Crippen LogP contribution in [0.1, 0.15) is 22.7 Å². The van der Waals surface area contributed by atoms with Crippen LogP contribution in [0.3, 0.4) is 0 Å². The Morgan fingerprint density at radius 2 is 2.43 bits per heavy atom. The van der Waals surface area contributed by atoms with Gasteiger partial charge in [-0.25, -0.2) is 0 Å². The average molecular weight is 192 g/mol. The van der Waals surface area contributed by atoms with Crippen molar-refractivity contribution in [3.8, 4) is 0 Å². The maximum atomic E-state index is 11.8. The number of aryl methyl sites for hydroxylation is 1. The number of hydrogen-bond donors (Lipinski definition) is 0. The Morgan fingerprint density at radius 1 is 1.57 bits per heavy atom. The summed E-state index contributed by atoms with van der Waals surface area (Å²) in [4.78, 5) is 13.5. The van der Waals surface area contributed by atoms with Crippen molar-refractivity contribution in [2.45, 2.75) is 13.3 Å². The van der Waals surface area contributed by atoms with Gasteiger partial charge in [0.1, 0.15) is 5.76 Å². The molecule has 74 valence electrons. The van der Waals surface area contributed by atoms with E-state index in [4.69, 9.17) is 4.52 Å². The first-order chi connectivity index (χ1) is 6.77.